The molecule has 2 N–H and O–H groups in total. The van der Waals surface area contributed by atoms with Crippen molar-refractivity contribution in [2.24, 2.45) is 0 Å². The third kappa shape index (κ3) is 4.69. The van der Waals surface area contributed by atoms with Crippen LogP contribution in [0.2, 0.25) is 0 Å². The largest absolute Gasteiger partial charge is 0.465 e. The van der Waals surface area contributed by atoms with Gasteiger partial charge in [-0.1, -0.05) is 0 Å². The topological polar surface area (TPSA) is 98.7 Å². The van der Waals surface area contributed by atoms with E-state index in [-0.39, 0.29) is 5.69 Å². The zero-order valence-corrected chi connectivity index (χ0v) is 11.9. The zero-order chi connectivity index (χ0) is 17.0. The van der Waals surface area contributed by atoms with Gasteiger partial charge in [-0.25, -0.2) is 4.79 Å². The van der Waals surface area contributed by atoms with Crippen LogP contribution in [-0.2, 0) is 0 Å². The Morgan fingerprint density at radius 1 is 1.17 bits per heavy atom. The van der Waals surface area contributed by atoms with E-state index in [9.17, 15) is 22.8 Å². The summed E-state index contributed by atoms with van der Waals surface area (Å²) < 4.78 is 36.1. The van der Waals surface area contributed by atoms with Gasteiger partial charge in [0.15, 0.2) is 11.5 Å². The molecule has 1 aromatic rings. The minimum Gasteiger partial charge on any atom is -0.465 e. The van der Waals surface area contributed by atoms with E-state index in [1.807, 2.05) is 0 Å². The van der Waals surface area contributed by atoms with Crippen LogP contribution in [0.15, 0.2) is 12.1 Å². The molecule has 1 aliphatic rings. The highest BCUT2D eigenvalue weighted by Gasteiger charge is 2.28. The minimum atomic E-state index is -4.49. The molecular formula is C12H14F3N5O3. The standard InChI is InChI=1S/C12H14F3N5O3/c13-12(14,15)7-16-10(21)8-1-2-9(18-17-8)19-3-5-20(6-4-19)11(22)23/h1-2H,3-7H2,(H,16,21)(H,22,23). The van der Waals surface area contributed by atoms with Crippen LogP contribution in [0.1, 0.15) is 10.5 Å². The molecule has 11 heteroatoms. The van der Waals surface area contributed by atoms with E-state index in [1.54, 1.807) is 10.2 Å². The second-order valence-electron chi connectivity index (χ2n) is 4.83. The van der Waals surface area contributed by atoms with E-state index in [0.29, 0.717) is 32.0 Å². The second-order valence-corrected chi connectivity index (χ2v) is 4.83. The fourth-order valence-corrected chi connectivity index (χ4v) is 2.01. The zero-order valence-electron chi connectivity index (χ0n) is 11.9. The SMILES string of the molecule is O=C(NCC(F)(F)F)c1ccc(N2CCN(C(=O)O)CC2)nn1. The summed E-state index contributed by atoms with van der Waals surface area (Å²) in [4.78, 5) is 25.4. The Labute approximate surface area is 128 Å². The highest BCUT2D eigenvalue weighted by atomic mass is 19.4. The number of nitrogens with one attached hydrogen (secondary N) is 1. The van der Waals surface area contributed by atoms with Crippen LogP contribution in [0.3, 0.4) is 0 Å². The van der Waals surface area contributed by atoms with E-state index in [0.717, 1.165) is 0 Å². The van der Waals surface area contributed by atoms with E-state index >= 15 is 0 Å². The van der Waals surface area contributed by atoms with Gasteiger partial charge in [-0.15, -0.1) is 10.2 Å². The Morgan fingerprint density at radius 3 is 2.30 bits per heavy atom. The summed E-state index contributed by atoms with van der Waals surface area (Å²) >= 11 is 0. The predicted octanol–water partition coefficient (Wildman–Crippen LogP) is 0.569. The molecule has 0 atom stereocenters. The number of amides is 2. The number of carboxylic acid groups (broad SMARTS) is 1. The molecule has 0 aromatic carbocycles. The first-order chi connectivity index (χ1) is 10.8. The van der Waals surface area contributed by atoms with Crippen molar-refractivity contribution < 1.29 is 27.9 Å². The van der Waals surface area contributed by atoms with Crippen molar-refractivity contribution in [3.05, 3.63) is 17.8 Å². The maximum absolute atomic E-state index is 12.0. The van der Waals surface area contributed by atoms with E-state index in [4.69, 9.17) is 5.11 Å². The molecule has 23 heavy (non-hydrogen) atoms. The fourth-order valence-electron chi connectivity index (χ4n) is 2.01. The number of halogens is 3. The Hall–Kier alpha value is -2.59. The molecule has 0 bridgehead atoms. The van der Waals surface area contributed by atoms with Gasteiger partial charge in [0.25, 0.3) is 5.91 Å². The monoisotopic (exact) mass is 333 g/mol. The molecule has 1 aromatic heterocycles. The Kier molecular flexibility index (Phi) is 4.86. The lowest BCUT2D eigenvalue weighted by Gasteiger charge is -2.33. The van der Waals surface area contributed by atoms with Gasteiger partial charge in [0, 0.05) is 26.2 Å². The van der Waals surface area contributed by atoms with Crippen molar-refractivity contribution in [3.63, 3.8) is 0 Å². The Balaban J connectivity index is 1.92. The summed E-state index contributed by atoms with van der Waals surface area (Å²) in [6, 6.07) is 2.74. The lowest BCUT2D eigenvalue weighted by molar-refractivity contribution is -0.123. The number of aromatic nitrogens is 2. The van der Waals surface area contributed by atoms with Gasteiger partial charge in [-0.05, 0) is 12.1 Å². The number of hydrogen-bond acceptors (Lipinski definition) is 5. The van der Waals surface area contributed by atoms with Crippen LogP contribution < -0.4 is 10.2 Å². The molecule has 0 radical (unpaired) electrons. The normalized spacial score (nSPS) is 15.4. The first-order valence-electron chi connectivity index (χ1n) is 6.68. The van der Waals surface area contributed by atoms with Crippen molar-refractivity contribution in [1.82, 2.24) is 20.4 Å². The van der Waals surface area contributed by atoms with Gasteiger partial charge in [0.2, 0.25) is 0 Å². The average Bonchev–Trinajstić information content (AvgIpc) is 2.52. The minimum absolute atomic E-state index is 0.220. The molecule has 2 rings (SSSR count). The number of carbonyl (C=O) groups is 2. The molecule has 0 saturated carbocycles. The molecule has 1 aliphatic heterocycles. The number of nitrogens with zero attached hydrogens (tertiary/aromatic N) is 4. The molecule has 8 nitrogen and oxygen atoms in total. The molecule has 0 aliphatic carbocycles. The molecule has 1 saturated heterocycles. The van der Waals surface area contributed by atoms with Gasteiger partial charge in [-0.3, -0.25) is 4.79 Å². The van der Waals surface area contributed by atoms with Crippen molar-refractivity contribution in [3.8, 4) is 0 Å². The van der Waals surface area contributed by atoms with Gasteiger partial charge >= 0.3 is 12.3 Å². The van der Waals surface area contributed by atoms with Gasteiger partial charge in [-0.2, -0.15) is 13.2 Å². The lowest BCUT2D eigenvalue weighted by Crippen LogP contribution is -2.48. The summed E-state index contributed by atoms with van der Waals surface area (Å²) in [7, 11) is 0. The number of anilines is 1. The maximum atomic E-state index is 12.0. The number of piperazine rings is 1. The van der Waals surface area contributed by atoms with Crippen molar-refractivity contribution in [1.29, 1.82) is 0 Å². The Morgan fingerprint density at radius 2 is 1.83 bits per heavy atom. The molecule has 2 heterocycles. The van der Waals surface area contributed by atoms with Crippen LogP contribution in [0.5, 0.6) is 0 Å². The highest BCUT2D eigenvalue weighted by molar-refractivity contribution is 5.92. The Bertz CT molecular complexity index is 570. The third-order valence-corrected chi connectivity index (χ3v) is 3.21. The van der Waals surface area contributed by atoms with Gasteiger partial charge in [0.05, 0.1) is 0 Å². The summed E-state index contributed by atoms with van der Waals surface area (Å²) in [5.74, 6) is -0.528. The first-order valence-corrected chi connectivity index (χ1v) is 6.68. The highest BCUT2D eigenvalue weighted by Crippen LogP contribution is 2.14. The molecular weight excluding hydrogens is 319 g/mol. The fraction of sp³-hybridized carbons (Fsp3) is 0.500. The van der Waals surface area contributed by atoms with Crippen LogP contribution in [0.25, 0.3) is 0 Å². The smallest absolute Gasteiger partial charge is 0.407 e. The molecule has 1 fully saturated rings. The predicted molar refractivity (Wildman–Crippen MR) is 72.2 cm³/mol. The third-order valence-electron chi connectivity index (χ3n) is 3.21. The van der Waals surface area contributed by atoms with Crippen LogP contribution >= 0.6 is 0 Å². The van der Waals surface area contributed by atoms with Crippen molar-refractivity contribution in [2.45, 2.75) is 6.18 Å². The summed E-state index contributed by atoms with van der Waals surface area (Å²) in [6.45, 7) is 0.0171. The molecule has 126 valence electrons. The van der Waals surface area contributed by atoms with Crippen LogP contribution in [0.4, 0.5) is 23.8 Å². The summed E-state index contributed by atoms with van der Waals surface area (Å²) in [5, 5.41) is 18.0. The van der Waals surface area contributed by atoms with E-state index < -0.39 is 24.7 Å². The quantitative estimate of drug-likeness (QED) is 0.839. The first kappa shape index (κ1) is 16.8. The van der Waals surface area contributed by atoms with E-state index in [2.05, 4.69) is 10.2 Å². The number of carbonyl (C=O) groups excluding carboxylic acids is 1. The number of hydrogen-bond donors (Lipinski definition) is 2. The molecule has 0 spiro atoms. The molecule has 0 unspecified atom stereocenters. The lowest BCUT2D eigenvalue weighted by atomic mass is 10.3. The van der Waals surface area contributed by atoms with Crippen LogP contribution in [0, 0.1) is 0 Å². The van der Waals surface area contributed by atoms with Crippen molar-refractivity contribution in [2.75, 3.05) is 37.6 Å². The van der Waals surface area contributed by atoms with E-state index in [1.165, 1.54) is 17.0 Å². The van der Waals surface area contributed by atoms with Gasteiger partial charge in [0.1, 0.15) is 6.54 Å². The number of alkyl halides is 3. The summed E-state index contributed by atoms with van der Waals surface area (Å²) in [6.07, 6.45) is -5.49. The van der Waals surface area contributed by atoms with Crippen LogP contribution in [-0.4, -0.2) is 71.1 Å². The molecule has 2 amide bonds. The second kappa shape index (κ2) is 6.67. The number of rotatable bonds is 3. The van der Waals surface area contributed by atoms with Crippen molar-refractivity contribution >= 4 is 17.8 Å². The maximum Gasteiger partial charge on any atom is 0.407 e. The summed E-state index contributed by atoms with van der Waals surface area (Å²) in [5.41, 5.74) is -0.220. The van der Waals surface area contributed by atoms with Gasteiger partial charge < -0.3 is 20.2 Å². The average molecular weight is 333 g/mol.